The molecule has 0 amide bonds. The number of carboxylic acid groups (broad SMARTS) is 1. The van der Waals surface area contributed by atoms with Crippen LogP contribution in [-0.4, -0.2) is 16.9 Å². The fraction of sp³-hybridized carbons (Fsp3) is 0.833. The molecule has 3 nitrogen and oxygen atoms in total. The van der Waals surface area contributed by atoms with Crippen molar-refractivity contribution in [1.82, 2.24) is 0 Å². The molecule has 0 saturated carbocycles. The zero-order chi connectivity index (χ0) is 12.7. The Morgan fingerprint density at radius 1 is 0.867 bits per heavy atom. The third-order valence-electron chi connectivity index (χ3n) is 3.06. The van der Waals surface area contributed by atoms with Gasteiger partial charge in [0, 0.05) is 5.41 Å². The lowest BCUT2D eigenvalue weighted by atomic mass is 9.60. The van der Waals surface area contributed by atoms with Gasteiger partial charge < -0.3 is 5.11 Å². The van der Waals surface area contributed by atoms with Crippen molar-refractivity contribution in [3.63, 3.8) is 0 Å². The van der Waals surface area contributed by atoms with Gasteiger partial charge in [-0.2, -0.15) is 0 Å². The maximum Gasteiger partial charge on any atom is 0.317 e. The lowest BCUT2D eigenvalue weighted by Gasteiger charge is -2.40. The van der Waals surface area contributed by atoms with E-state index in [1.165, 1.54) is 6.92 Å². The molecule has 1 atom stereocenters. The van der Waals surface area contributed by atoms with Gasteiger partial charge in [-0.15, -0.1) is 0 Å². The number of aliphatic carboxylic acids is 1. The Balaban J connectivity index is 5.55. The highest BCUT2D eigenvalue weighted by Crippen LogP contribution is 2.43. The Morgan fingerprint density at radius 3 is 1.27 bits per heavy atom. The summed E-state index contributed by atoms with van der Waals surface area (Å²) in [7, 11) is 0. The predicted octanol–water partition coefficient (Wildman–Crippen LogP) is 2.74. The Morgan fingerprint density at radius 2 is 1.20 bits per heavy atom. The summed E-state index contributed by atoms with van der Waals surface area (Å²) in [6, 6.07) is 0. The van der Waals surface area contributed by atoms with Crippen LogP contribution in [0.2, 0.25) is 0 Å². The summed E-state index contributed by atoms with van der Waals surface area (Å²) >= 11 is 0. The number of carbonyl (C=O) groups excluding carboxylic acids is 1. The van der Waals surface area contributed by atoms with Gasteiger partial charge in [-0.05, 0) is 12.3 Å². The molecule has 0 heterocycles. The molecule has 1 N–H and O–H groups in total. The largest absolute Gasteiger partial charge is 0.480 e. The maximum atomic E-state index is 12.2. The second-order valence-corrected chi connectivity index (χ2v) is 6.26. The Kier molecular flexibility index (Phi) is 3.41. The van der Waals surface area contributed by atoms with Crippen LogP contribution in [0.5, 0.6) is 0 Å². The topological polar surface area (TPSA) is 54.4 Å². The van der Waals surface area contributed by atoms with Crippen molar-refractivity contribution in [2.24, 2.45) is 16.2 Å². The van der Waals surface area contributed by atoms with Crippen molar-refractivity contribution in [1.29, 1.82) is 0 Å². The average molecular weight is 214 g/mol. The monoisotopic (exact) mass is 214 g/mol. The molecule has 0 bridgehead atoms. The number of carbonyl (C=O) groups is 2. The minimum Gasteiger partial charge on any atom is -0.480 e. The first-order chi connectivity index (χ1) is 6.35. The SMILES string of the molecule is CC(C)(C)C(=O)C(C)(C(=O)O)C(C)(C)C. The summed E-state index contributed by atoms with van der Waals surface area (Å²) in [4.78, 5) is 23.5. The van der Waals surface area contributed by atoms with E-state index in [1.807, 2.05) is 0 Å². The van der Waals surface area contributed by atoms with Crippen LogP contribution in [0.25, 0.3) is 0 Å². The summed E-state index contributed by atoms with van der Waals surface area (Å²) in [5, 5.41) is 9.28. The Bertz CT molecular complexity index is 278. The first-order valence-electron chi connectivity index (χ1n) is 5.13. The van der Waals surface area contributed by atoms with Crippen molar-refractivity contribution in [3.05, 3.63) is 0 Å². The second-order valence-electron chi connectivity index (χ2n) is 6.26. The van der Waals surface area contributed by atoms with E-state index in [9.17, 15) is 14.7 Å². The lowest BCUT2D eigenvalue weighted by Crippen LogP contribution is -2.51. The molecule has 0 aliphatic carbocycles. The number of hydrogen-bond donors (Lipinski definition) is 1. The lowest BCUT2D eigenvalue weighted by molar-refractivity contribution is -0.165. The van der Waals surface area contributed by atoms with Gasteiger partial charge in [0.2, 0.25) is 0 Å². The third-order valence-corrected chi connectivity index (χ3v) is 3.06. The van der Waals surface area contributed by atoms with Crippen LogP contribution in [0.15, 0.2) is 0 Å². The quantitative estimate of drug-likeness (QED) is 0.719. The molecule has 0 spiro atoms. The van der Waals surface area contributed by atoms with Gasteiger partial charge in [-0.1, -0.05) is 41.5 Å². The van der Waals surface area contributed by atoms with Crippen molar-refractivity contribution in [2.45, 2.75) is 48.5 Å². The summed E-state index contributed by atoms with van der Waals surface area (Å²) in [5.74, 6) is -1.27. The molecular weight excluding hydrogens is 192 g/mol. The first-order valence-corrected chi connectivity index (χ1v) is 5.13. The average Bonchev–Trinajstić information content (AvgIpc) is 1.97. The molecule has 1 unspecified atom stereocenters. The highest BCUT2D eigenvalue weighted by Gasteiger charge is 2.53. The third kappa shape index (κ3) is 2.39. The van der Waals surface area contributed by atoms with Crippen LogP contribution >= 0.6 is 0 Å². The summed E-state index contributed by atoms with van der Waals surface area (Å²) in [6.45, 7) is 12.1. The molecular formula is C12H22O3. The molecule has 0 fully saturated rings. The van der Waals surface area contributed by atoms with E-state index >= 15 is 0 Å². The van der Waals surface area contributed by atoms with Crippen LogP contribution in [0.3, 0.4) is 0 Å². The van der Waals surface area contributed by atoms with Gasteiger partial charge in [-0.25, -0.2) is 0 Å². The van der Waals surface area contributed by atoms with Gasteiger partial charge in [0.25, 0.3) is 0 Å². The zero-order valence-corrected chi connectivity index (χ0v) is 10.8. The van der Waals surface area contributed by atoms with Gasteiger partial charge in [0.05, 0.1) is 0 Å². The number of hydrogen-bond acceptors (Lipinski definition) is 2. The molecule has 0 aromatic rings. The zero-order valence-electron chi connectivity index (χ0n) is 10.8. The van der Waals surface area contributed by atoms with Gasteiger partial charge in [0.1, 0.15) is 5.41 Å². The number of Topliss-reactive ketones (excluding diaryl/α,β-unsaturated/α-hetero) is 1. The van der Waals surface area contributed by atoms with E-state index in [0.29, 0.717) is 0 Å². The van der Waals surface area contributed by atoms with E-state index in [4.69, 9.17) is 0 Å². The van der Waals surface area contributed by atoms with E-state index in [0.717, 1.165) is 0 Å². The van der Waals surface area contributed by atoms with E-state index in [-0.39, 0.29) is 5.78 Å². The van der Waals surface area contributed by atoms with Crippen molar-refractivity contribution >= 4 is 11.8 Å². The van der Waals surface area contributed by atoms with E-state index < -0.39 is 22.2 Å². The fourth-order valence-electron chi connectivity index (χ4n) is 1.51. The van der Waals surface area contributed by atoms with Crippen LogP contribution in [-0.2, 0) is 9.59 Å². The molecule has 0 aliphatic heterocycles. The maximum absolute atomic E-state index is 12.2. The summed E-state index contributed by atoms with van der Waals surface area (Å²) < 4.78 is 0. The Labute approximate surface area is 91.9 Å². The van der Waals surface area contributed by atoms with Crippen molar-refractivity contribution in [2.75, 3.05) is 0 Å². The Hall–Kier alpha value is -0.860. The molecule has 0 saturated heterocycles. The van der Waals surface area contributed by atoms with Gasteiger partial charge >= 0.3 is 5.97 Å². The van der Waals surface area contributed by atoms with Crippen LogP contribution in [0.4, 0.5) is 0 Å². The number of ketones is 1. The highest BCUT2D eigenvalue weighted by atomic mass is 16.4. The molecule has 88 valence electrons. The molecule has 0 aromatic carbocycles. The van der Waals surface area contributed by atoms with E-state index in [2.05, 4.69) is 0 Å². The van der Waals surface area contributed by atoms with Gasteiger partial charge in [-0.3, -0.25) is 9.59 Å². The minimum atomic E-state index is -1.34. The summed E-state index contributed by atoms with van der Waals surface area (Å²) in [5.41, 5.74) is -2.57. The predicted molar refractivity (Wildman–Crippen MR) is 59.7 cm³/mol. The fourth-order valence-corrected chi connectivity index (χ4v) is 1.51. The molecule has 0 radical (unpaired) electrons. The van der Waals surface area contributed by atoms with Crippen molar-refractivity contribution in [3.8, 4) is 0 Å². The molecule has 0 aromatic heterocycles. The molecule has 0 rings (SSSR count). The summed E-state index contributed by atoms with van der Waals surface area (Å²) in [6.07, 6.45) is 0. The smallest absolute Gasteiger partial charge is 0.317 e. The van der Waals surface area contributed by atoms with E-state index in [1.54, 1.807) is 41.5 Å². The van der Waals surface area contributed by atoms with Crippen LogP contribution in [0.1, 0.15) is 48.5 Å². The number of carboxylic acids is 1. The molecule has 15 heavy (non-hydrogen) atoms. The normalized spacial score (nSPS) is 17.0. The standard InChI is InChI=1S/C12H22O3/c1-10(2,3)8(13)12(7,9(14)15)11(4,5)6/h1-7H3,(H,14,15). The van der Waals surface area contributed by atoms with Crippen LogP contribution < -0.4 is 0 Å². The highest BCUT2D eigenvalue weighted by molar-refractivity contribution is 6.05. The second kappa shape index (κ2) is 3.62. The van der Waals surface area contributed by atoms with Crippen LogP contribution in [0, 0.1) is 16.2 Å². The van der Waals surface area contributed by atoms with Gasteiger partial charge in [0.15, 0.2) is 5.78 Å². The van der Waals surface area contributed by atoms with Crippen molar-refractivity contribution < 1.29 is 14.7 Å². The number of rotatable bonds is 2. The minimum absolute atomic E-state index is 0.227. The first kappa shape index (κ1) is 14.1. The molecule has 0 aliphatic rings. The molecule has 3 heteroatoms.